The first-order valence-electron chi connectivity index (χ1n) is 5.69. The molecule has 1 heterocycles. The first-order valence-corrected chi connectivity index (χ1v) is 5.69. The second-order valence-electron chi connectivity index (χ2n) is 4.32. The van der Waals surface area contributed by atoms with Crippen LogP contribution >= 0.6 is 0 Å². The predicted molar refractivity (Wildman–Crippen MR) is 61.8 cm³/mol. The van der Waals surface area contributed by atoms with Crippen molar-refractivity contribution in [3.8, 4) is 0 Å². The standard InChI is InChI=1S/C11H18N2O5/c1-12(7-10(15)16)11(17)8-5-9(14)13(6-8)3-4-18-2/h8H,3-7H2,1-2H3,(H,15,16)/t8-/m0/s1. The average Bonchev–Trinajstić information content (AvgIpc) is 2.66. The Balaban J connectivity index is 2.51. The van der Waals surface area contributed by atoms with Crippen LogP contribution in [0.4, 0.5) is 0 Å². The van der Waals surface area contributed by atoms with Gasteiger partial charge in [0, 0.05) is 33.7 Å². The molecule has 0 spiro atoms. The highest BCUT2D eigenvalue weighted by atomic mass is 16.5. The molecule has 0 aromatic heterocycles. The number of hydrogen-bond acceptors (Lipinski definition) is 4. The molecule has 1 aliphatic heterocycles. The van der Waals surface area contributed by atoms with Crippen molar-refractivity contribution in [2.24, 2.45) is 5.92 Å². The molecule has 0 aromatic carbocycles. The summed E-state index contributed by atoms with van der Waals surface area (Å²) in [7, 11) is 2.97. The third-order valence-corrected chi connectivity index (χ3v) is 2.88. The molecule has 0 bridgehead atoms. The number of carbonyl (C=O) groups is 3. The fourth-order valence-electron chi connectivity index (χ4n) is 1.95. The van der Waals surface area contributed by atoms with E-state index < -0.39 is 11.9 Å². The van der Waals surface area contributed by atoms with Gasteiger partial charge < -0.3 is 19.6 Å². The lowest BCUT2D eigenvalue weighted by Gasteiger charge is -2.19. The lowest BCUT2D eigenvalue weighted by atomic mass is 10.1. The van der Waals surface area contributed by atoms with Gasteiger partial charge in [0.05, 0.1) is 12.5 Å². The molecule has 7 nitrogen and oxygen atoms in total. The molecule has 7 heteroatoms. The van der Waals surface area contributed by atoms with Crippen molar-refractivity contribution >= 4 is 17.8 Å². The van der Waals surface area contributed by atoms with E-state index in [1.165, 1.54) is 7.05 Å². The summed E-state index contributed by atoms with van der Waals surface area (Å²) < 4.78 is 4.88. The molecule has 1 fully saturated rings. The highest BCUT2D eigenvalue weighted by Crippen LogP contribution is 2.19. The van der Waals surface area contributed by atoms with Gasteiger partial charge in [0.15, 0.2) is 0 Å². The van der Waals surface area contributed by atoms with Crippen LogP contribution in [0.2, 0.25) is 0 Å². The maximum absolute atomic E-state index is 11.9. The maximum atomic E-state index is 11.9. The van der Waals surface area contributed by atoms with E-state index in [0.717, 1.165) is 4.90 Å². The Morgan fingerprint density at radius 1 is 1.56 bits per heavy atom. The molecular weight excluding hydrogens is 240 g/mol. The summed E-state index contributed by atoms with van der Waals surface area (Å²) in [5.74, 6) is -1.90. The number of methoxy groups -OCH3 is 1. The molecule has 0 aromatic rings. The van der Waals surface area contributed by atoms with Crippen LogP contribution < -0.4 is 0 Å². The summed E-state index contributed by atoms with van der Waals surface area (Å²) >= 11 is 0. The molecular formula is C11H18N2O5. The Hall–Kier alpha value is -1.63. The molecule has 2 amide bonds. The molecule has 18 heavy (non-hydrogen) atoms. The van der Waals surface area contributed by atoms with Gasteiger partial charge in [-0.3, -0.25) is 14.4 Å². The minimum Gasteiger partial charge on any atom is -0.480 e. The van der Waals surface area contributed by atoms with Gasteiger partial charge >= 0.3 is 5.97 Å². The van der Waals surface area contributed by atoms with E-state index in [2.05, 4.69) is 0 Å². The van der Waals surface area contributed by atoms with Gasteiger partial charge in [-0.05, 0) is 0 Å². The van der Waals surface area contributed by atoms with Crippen LogP contribution in [0.5, 0.6) is 0 Å². The number of likely N-dealkylation sites (N-methyl/N-ethyl adjacent to an activating group) is 1. The van der Waals surface area contributed by atoms with Gasteiger partial charge in [-0.25, -0.2) is 0 Å². The molecule has 1 rings (SSSR count). The third-order valence-electron chi connectivity index (χ3n) is 2.88. The van der Waals surface area contributed by atoms with Gasteiger partial charge in [0.25, 0.3) is 0 Å². The summed E-state index contributed by atoms with van der Waals surface area (Å²) in [5.41, 5.74) is 0. The van der Waals surface area contributed by atoms with E-state index in [4.69, 9.17) is 9.84 Å². The quantitative estimate of drug-likeness (QED) is 0.662. The summed E-state index contributed by atoms with van der Waals surface area (Å²) in [6.07, 6.45) is 0.145. The van der Waals surface area contributed by atoms with Crippen LogP contribution in [0.15, 0.2) is 0 Å². The van der Waals surface area contributed by atoms with E-state index in [9.17, 15) is 14.4 Å². The number of hydrogen-bond donors (Lipinski definition) is 1. The molecule has 0 saturated carbocycles. The van der Waals surface area contributed by atoms with Crippen molar-refractivity contribution < 1.29 is 24.2 Å². The number of amides is 2. The van der Waals surface area contributed by atoms with E-state index in [1.807, 2.05) is 0 Å². The molecule has 1 saturated heterocycles. The minimum absolute atomic E-state index is 0.0888. The Morgan fingerprint density at radius 2 is 2.22 bits per heavy atom. The van der Waals surface area contributed by atoms with Crippen LogP contribution in [0.3, 0.4) is 0 Å². The van der Waals surface area contributed by atoms with E-state index >= 15 is 0 Å². The average molecular weight is 258 g/mol. The zero-order valence-electron chi connectivity index (χ0n) is 10.6. The van der Waals surface area contributed by atoms with Crippen LogP contribution in [0, 0.1) is 5.92 Å². The van der Waals surface area contributed by atoms with Crippen molar-refractivity contribution in [2.75, 3.05) is 40.4 Å². The monoisotopic (exact) mass is 258 g/mol. The number of carbonyl (C=O) groups excluding carboxylic acids is 2. The van der Waals surface area contributed by atoms with Crippen molar-refractivity contribution in [3.05, 3.63) is 0 Å². The topological polar surface area (TPSA) is 87.2 Å². The highest BCUT2D eigenvalue weighted by Gasteiger charge is 2.35. The summed E-state index contributed by atoms with van der Waals surface area (Å²) in [6, 6.07) is 0. The zero-order chi connectivity index (χ0) is 13.7. The summed E-state index contributed by atoms with van der Waals surface area (Å²) in [5, 5.41) is 8.61. The molecule has 0 unspecified atom stereocenters. The van der Waals surface area contributed by atoms with Gasteiger partial charge in [-0.2, -0.15) is 0 Å². The van der Waals surface area contributed by atoms with Gasteiger partial charge in [0.2, 0.25) is 11.8 Å². The SMILES string of the molecule is COCCN1C[C@@H](C(=O)N(C)CC(=O)O)CC1=O. The number of aliphatic carboxylic acids is 1. The number of carboxylic acids is 1. The summed E-state index contributed by atoms with van der Waals surface area (Å²) in [4.78, 5) is 36.7. The fourth-order valence-corrected chi connectivity index (χ4v) is 1.95. The normalized spacial score (nSPS) is 19.1. The first kappa shape index (κ1) is 14.4. The molecule has 102 valence electrons. The molecule has 1 atom stereocenters. The van der Waals surface area contributed by atoms with Crippen molar-refractivity contribution in [1.29, 1.82) is 0 Å². The van der Waals surface area contributed by atoms with Crippen LogP contribution in [-0.4, -0.2) is 73.1 Å². The van der Waals surface area contributed by atoms with Crippen molar-refractivity contribution in [1.82, 2.24) is 9.80 Å². The lowest BCUT2D eigenvalue weighted by molar-refractivity contribution is -0.145. The Morgan fingerprint density at radius 3 is 2.78 bits per heavy atom. The second kappa shape index (κ2) is 6.34. The number of rotatable bonds is 6. The Bertz CT molecular complexity index is 344. The van der Waals surface area contributed by atoms with E-state index in [0.29, 0.717) is 19.7 Å². The minimum atomic E-state index is -1.06. The van der Waals surface area contributed by atoms with E-state index in [1.54, 1.807) is 12.0 Å². The largest absolute Gasteiger partial charge is 0.480 e. The van der Waals surface area contributed by atoms with Crippen LogP contribution in [-0.2, 0) is 19.1 Å². The van der Waals surface area contributed by atoms with Crippen molar-refractivity contribution in [3.63, 3.8) is 0 Å². The summed E-state index contributed by atoms with van der Waals surface area (Å²) in [6.45, 7) is 0.881. The fraction of sp³-hybridized carbons (Fsp3) is 0.727. The third kappa shape index (κ3) is 3.69. The Labute approximate surface area is 105 Å². The highest BCUT2D eigenvalue weighted by molar-refractivity contribution is 5.90. The van der Waals surface area contributed by atoms with Gasteiger partial charge in [-0.15, -0.1) is 0 Å². The maximum Gasteiger partial charge on any atom is 0.323 e. The van der Waals surface area contributed by atoms with Crippen LogP contribution in [0.25, 0.3) is 0 Å². The number of nitrogens with zero attached hydrogens (tertiary/aromatic N) is 2. The Kier molecular flexibility index (Phi) is 5.08. The number of ether oxygens (including phenoxy) is 1. The lowest BCUT2D eigenvalue weighted by Crippen LogP contribution is -2.38. The van der Waals surface area contributed by atoms with Crippen molar-refractivity contribution in [2.45, 2.75) is 6.42 Å². The molecule has 1 aliphatic rings. The smallest absolute Gasteiger partial charge is 0.323 e. The van der Waals surface area contributed by atoms with Gasteiger partial charge in [0.1, 0.15) is 6.54 Å². The first-order chi connectivity index (χ1) is 8.45. The van der Waals surface area contributed by atoms with Crippen LogP contribution in [0.1, 0.15) is 6.42 Å². The molecule has 0 aliphatic carbocycles. The zero-order valence-corrected chi connectivity index (χ0v) is 10.6. The molecule has 1 N–H and O–H groups in total. The second-order valence-corrected chi connectivity index (χ2v) is 4.32. The number of likely N-dealkylation sites (tertiary alicyclic amines) is 1. The van der Waals surface area contributed by atoms with E-state index in [-0.39, 0.29) is 24.8 Å². The van der Waals surface area contributed by atoms with Gasteiger partial charge in [-0.1, -0.05) is 0 Å². The number of carboxylic acid groups (broad SMARTS) is 1. The predicted octanol–water partition coefficient (Wildman–Crippen LogP) is -0.976. The molecule has 0 radical (unpaired) electrons.